The number of hydrogen-bond donors (Lipinski definition) is 0. The van der Waals surface area contributed by atoms with Gasteiger partial charge in [0.2, 0.25) is 0 Å². The standard InChI is InChI=1S/C5H3Cl2NO2S.C5H4ClNO2S/c1-10-4(9)2-3(6)8-5(7)11-2;1-9-5(8)3-4(6)7-2-10-3/h1H3;2H,1H3. The van der Waals surface area contributed by atoms with Crippen LogP contribution in [0.2, 0.25) is 14.8 Å². The minimum Gasteiger partial charge on any atom is -0.465 e. The maximum atomic E-state index is 10.9. The maximum absolute atomic E-state index is 10.9. The summed E-state index contributed by atoms with van der Waals surface area (Å²) in [6.07, 6.45) is 0. The molecule has 2 aromatic rings. The van der Waals surface area contributed by atoms with Gasteiger partial charge in [-0.15, -0.1) is 11.3 Å². The van der Waals surface area contributed by atoms with E-state index in [0.717, 1.165) is 22.7 Å². The largest absolute Gasteiger partial charge is 0.465 e. The van der Waals surface area contributed by atoms with Crippen LogP contribution in [-0.4, -0.2) is 36.1 Å². The van der Waals surface area contributed by atoms with Gasteiger partial charge < -0.3 is 9.47 Å². The van der Waals surface area contributed by atoms with Gasteiger partial charge in [0.05, 0.1) is 19.7 Å². The predicted molar refractivity (Wildman–Crippen MR) is 81.9 cm³/mol. The Hall–Kier alpha value is -0.930. The summed E-state index contributed by atoms with van der Waals surface area (Å²) in [5, 5.41) is 0.295. The van der Waals surface area contributed by atoms with Crippen LogP contribution in [0.1, 0.15) is 19.3 Å². The van der Waals surface area contributed by atoms with Crippen LogP contribution < -0.4 is 0 Å². The van der Waals surface area contributed by atoms with Crippen molar-refractivity contribution in [1.29, 1.82) is 0 Å². The lowest BCUT2D eigenvalue weighted by atomic mass is 10.6. The Morgan fingerprint density at radius 3 is 2.00 bits per heavy atom. The molecular weight excluding hydrogens is 383 g/mol. The zero-order valence-electron chi connectivity index (χ0n) is 10.6. The van der Waals surface area contributed by atoms with Crippen LogP contribution in [-0.2, 0) is 9.47 Å². The van der Waals surface area contributed by atoms with Gasteiger partial charge in [0, 0.05) is 0 Å². The van der Waals surface area contributed by atoms with Crippen LogP contribution >= 0.6 is 57.5 Å². The van der Waals surface area contributed by atoms with Crippen molar-refractivity contribution in [2.75, 3.05) is 14.2 Å². The van der Waals surface area contributed by atoms with E-state index in [1.807, 2.05) is 0 Å². The number of carbonyl (C=O) groups is 2. The van der Waals surface area contributed by atoms with E-state index in [1.165, 1.54) is 19.7 Å². The third-order valence-corrected chi connectivity index (χ3v) is 4.56. The molecule has 0 aliphatic carbocycles. The lowest BCUT2D eigenvalue weighted by molar-refractivity contribution is 0.0597. The van der Waals surface area contributed by atoms with E-state index in [0.29, 0.717) is 4.88 Å². The van der Waals surface area contributed by atoms with Crippen molar-refractivity contribution in [1.82, 2.24) is 9.97 Å². The summed E-state index contributed by atoms with van der Waals surface area (Å²) < 4.78 is 9.07. The second kappa shape index (κ2) is 8.50. The van der Waals surface area contributed by atoms with Gasteiger partial charge in [-0.25, -0.2) is 19.6 Å². The second-order valence-electron chi connectivity index (χ2n) is 3.04. The number of hydrogen-bond acceptors (Lipinski definition) is 8. The van der Waals surface area contributed by atoms with Crippen LogP contribution in [0.15, 0.2) is 5.51 Å². The highest BCUT2D eigenvalue weighted by Crippen LogP contribution is 2.26. The first-order chi connectivity index (χ1) is 9.90. The Labute approximate surface area is 142 Å². The number of carbonyl (C=O) groups excluding carboxylic acids is 2. The molecule has 0 amide bonds. The monoisotopic (exact) mass is 388 g/mol. The molecule has 11 heteroatoms. The summed E-state index contributed by atoms with van der Waals surface area (Å²) in [4.78, 5) is 29.5. The molecule has 2 heterocycles. The lowest BCUT2D eigenvalue weighted by Crippen LogP contribution is -1.98. The van der Waals surface area contributed by atoms with E-state index < -0.39 is 11.9 Å². The van der Waals surface area contributed by atoms with Gasteiger partial charge in [0.1, 0.15) is 0 Å². The molecule has 0 unspecified atom stereocenters. The van der Waals surface area contributed by atoms with Gasteiger partial charge in [0.15, 0.2) is 24.5 Å². The third kappa shape index (κ3) is 5.08. The van der Waals surface area contributed by atoms with E-state index in [-0.39, 0.29) is 19.7 Å². The minimum absolute atomic E-state index is 0.0897. The zero-order valence-corrected chi connectivity index (χ0v) is 14.5. The Bertz CT molecular complexity index is 644. The molecule has 2 aromatic heterocycles. The summed E-state index contributed by atoms with van der Waals surface area (Å²) in [6, 6.07) is 0. The highest BCUT2D eigenvalue weighted by molar-refractivity contribution is 7.18. The summed E-state index contributed by atoms with van der Waals surface area (Å²) in [6.45, 7) is 0. The molecule has 0 atom stereocenters. The van der Waals surface area contributed by atoms with Gasteiger partial charge in [-0.3, -0.25) is 0 Å². The number of halogens is 3. The normalized spacial score (nSPS) is 9.57. The molecule has 2 rings (SSSR count). The molecule has 0 N–H and O–H groups in total. The van der Waals surface area contributed by atoms with Gasteiger partial charge in [-0.2, -0.15) is 0 Å². The fraction of sp³-hybridized carbons (Fsp3) is 0.200. The van der Waals surface area contributed by atoms with Crippen LogP contribution in [0.5, 0.6) is 0 Å². The van der Waals surface area contributed by atoms with Crippen molar-refractivity contribution in [2.24, 2.45) is 0 Å². The van der Waals surface area contributed by atoms with Crippen molar-refractivity contribution >= 4 is 69.4 Å². The SMILES string of the molecule is COC(=O)c1sc(Cl)nc1Cl.COC(=O)c1scnc1Cl. The fourth-order valence-corrected chi connectivity index (χ4v) is 3.15. The summed E-state index contributed by atoms with van der Waals surface area (Å²) in [7, 11) is 2.57. The van der Waals surface area contributed by atoms with E-state index in [1.54, 1.807) is 0 Å². The Morgan fingerprint density at radius 2 is 1.62 bits per heavy atom. The predicted octanol–water partition coefficient (Wildman–Crippen LogP) is 3.82. The highest BCUT2D eigenvalue weighted by atomic mass is 35.5. The Kier molecular flexibility index (Phi) is 7.33. The number of methoxy groups -OCH3 is 2. The van der Waals surface area contributed by atoms with Crippen molar-refractivity contribution in [3.8, 4) is 0 Å². The highest BCUT2D eigenvalue weighted by Gasteiger charge is 2.15. The molecule has 6 nitrogen and oxygen atoms in total. The Morgan fingerprint density at radius 1 is 1.05 bits per heavy atom. The molecule has 0 radical (unpaired) electrons. The van der Waals surface area contributed by atoms with Gasteiger partial charge >= 0.3 is 11.9 Å². The van der Waals surface area contributed by atoms with Crippen LogP contribution in [0, 0.1) is 0 Å². The lowest BCUT2D eigenvalue weighted by Gasteiger charge is -1.91. The molecule has 0 spiro atoms. The van der Waals surface area contributed by atoms with Crippen LogP contribution in [0.4, 0.5) is 0 Å². The molecule has 0 aromatic carbocycles. The van der Waals surface area contributed by atoms with Crippen LogP contribution in [0.25, 0.3) is 0 Å². The van der Waals surface area contributed by atoms with Gasteiger partial charge in [-0.1, -0.05) is 46.1 Å². The molecule has 0 fully saturated rings. The number of ether oxygens (including phenoxy) is 2. The quantitative estimate of drug-likeness (QED) is 0.727. The Balaban J connectivity index is 0.000000211. The molecule has 0 saturated heterocycles. The second-order valence-corrected chi connectivity index (χ2v) is 6.19. The first-order valence-corrected chi connectivity index (χ1v) is 7.81. The van der Waals surface area contributed by atoms with Crippen molar-refractivity contribution in [3.63, 3.8) is 0 Å². The third-order valence-electron chi connectivity index (χ3n) is 1.83. The number of rotatable bonds is 2. The molecule has 21 heavy (non-hydrogen) atoms. The average Bonchev–Trinajstić information content (AvgIpc) is 3.03. The topological polar surface area (TPSA) is 78.4 Å². The molecule has 0 bridgehead atoms. The van der Waals surface area contributed by atoms with E-state index >= 15 is 0 Å². The number of aromatic nitrogens is 2. The minimum atomic E-state index is -0.514. The van der Waals surface area contributed by atoms with Crippen molar-refractivity contribution < 1.29 is 19.1 Å². The molecule has 0 saturated carbocycles. The fourth-order valence-electron chi connectivity index (χ4n) is 0.953. The van der Waals surface area contributed by atoms with Gasteiger partial charge in [-0.05, 0) is 0 Å². The number of esters is 2. The van der Waals surface area contributed by atoms with E-state index in [4.69, 9.17) is 34.8 Å². The van der Waals surface area contributed by atoms with Crippen molar-refractivity contribution in [2.45, 2.75) is 0 Å². The first-order valence-electron chi connectivity index (χ1n) is 4.98. The number of nitrogens with zero attached hydrogens (tertiary/aromatic N) is 2. The van der Waals surface area contributed by atoms with E-state index in [2.05, 4.69) is 19.4 Å². The average molecular weight is 390 g/mol. The molecule has 114 valence electrons. The van der Waals surface area contributed by atoms with Crippen LogP contribution in [0.3, 0.4) is 0 Å². The zero-order chi connectivity index (χ0) is 16.0. The summed E-state index contributed by atoms with van der Waals surface area (Å²) in [5.74, 6) is -0.952. The van der Waals surface area contributed by atoms with Crippen molar-refractivity contribution in [3.05, 3.63) is 30.0 Å². The molecule has 0 aliphatic rings. The summed E-state index contributed by atoms with van der Waals surface area (Å²) >= 11 is 18.7. The smallest absolute Gasteiger partial charge is 0.351 e. The number of thiazole rings is 2. The molecule has 0 aliphatic heterocycles. The maximum Gasteiger partial charge on any atom is 0.351 e. The summed E-state index contributed by atoms with van der Waals surface area (Å²) in [5.41, 5.74) is 1.49. The molecular formula is C10H7Cl3N2O4S2. The first kappa shape index (κ1) is 18.1. The van der Waals surface area contributed by atoms with E-state index in [9.17, 15) is 9.59 Å². The van der Waals surface area contributed by atoms with Gasteiger partial charge in [0.25, 0.3) is 0 Å².